The molecule has 1 amide bonds. The van der Waals surface area contributed by atoms with E-state index in [9.17, 15) is 4.79 Å². The molecule has 0 aliphatic heterocycles. The van der Waals surface area contributed by atoms with Gasteiger partial charge in [-0.1, -0.05) is 6.92 Å². The molecule has 0 radical (unpaired) electrons. The Hall–Kier alpha value is -0.770. The van der Waals surface area contributed by atoms with Crippen molar-refractivity contribution in [3.63, 3.8) is 0 Å². The summed E-state index contributed by atoms with van der Waals surface area (Å²) in [5.41, 5.74) is 0.123. The number of nitrogens with one attached hydrogen (secondary N) is 1. The molecule has 0 heterocycles. The first kappa shape index (κ1) is 14.2. The van der Waals surface area contributed by atoms with Crippen LogP contribution in [0.2, 0.25) is 0 Å². The fourth-order valence-electron chi connectivity index (χ4n) is 4.88. The zero-order valence-corrected chi connectivity index (χ0v) is 12.5. The van der Waals surface area contributed by atoms with E-state index in [1.807, 2.05) is 6.92 Å². The van der Waals surface area contributed by atoms with Crippen molar-refractivity contribution in [2.24, 2.45) is 17.8 Å². The maximum absolute atomic E-state index is 11.3. The predicted octanol–water partition coefficient (Wildman–Crippen LogP) is 3.11. The number of carbonyl (C=O) groups is 1. The van der Waals surface area contributed by atoms with Crippen LogP contribution in [0.25, 0.3) is 0 Å². The lowest BCUT2D eigenvalue weighted by molar-refractivity contribution is -0.166. The minimum atomic E-state index is -0.319. The lowest BCUT2D eigenvalue weighted by atomic mass is 9.54. The molecule has 4 bridgehead atoms. The average Bonchev–Trinajstić information content (AvgIpc) is 2.40. The summed E-state index contributed by atoms with van der Waals surface area (Å²) < 4.78 is 11.3. The monoisotopic (exact) mass is 281 g/mol. The largest absolute Gasteiger partial charge is 0.447 e. The Kier molecular flexibility index (Phi) is 4.20. The molecular weight excluding hydrogens is 254 g/mol. The van der Waals surface area contributed by atoms with E-state index >= 15 is 0 Å². The van der Waals surface area contributed by atoms with Crippen molar-refractivity contribution in [3.05, 3.63) is 0 Å². The normalized spacial score (nSPS) is 38.0. The summed E-state index contributed by atoms with van der Waals surface area (Å²) in [5.74, 6) is 2.69. The molecule has 0 unspecified atom stereocenters. The van der Waals surface area contributed by atoms with Gasteiger partial charge in [-0.15, -0.1) is 0 Å². The second-order valence-corrected chi connectivity index (χ2v) is 7.01. The topological polar surface area (TPSA) is 47.6 Å². The molecule has 0 spiro atoms. The van der Waals surface area contributed by atoms with Gasteiger partial charge in [-0.3, -0.25) is 0 Å². The lowest BCUT2D eigenvalue weighted by Gasteiger charge is -2.56. The zero-order chi connectivity index (χ0) is 14.0. The van der Waals surface area contributed by atoms with E-state index in [1.165, 1.54) is 38.5 Å². The van der Waals surface area contributed by atoms with Crippen LogP contribution in [0, 0.1) is 17.8 Å². The molecule has 0 saturated heterocycles. The summed E-state index contributed by atoms with van der Waals surface area (Å²) in [6.45, 7) is 3.62. The van der Waals surface area contributed by atoms with Gasteiger partial charge in [0, 0.05) is 6.54 Å². The molecule has 4 aliphatic carbocycles. The van der Waals surface area contributed by atoms with Crippen molar-refractivity contribution in [2.45, 2.75) is 57.5 Å². The molecule has 4 heteroatoms. The van der Waals surface area contributed by atoms with Gasteiger partial charge >= 0.3 is 6.09 Å². The van der Waals surface area contributed by atoms with Crippen LogP contribution in [-0.4, -0.2) is 31.5 Å². The SMILES string of the molecule is CCCNC(=O)OCCOC12CC3CC(CC(C3)C1)C2. The van der Waals surface area contributed by atoms with E-state index in [0.29, 0.717) is 19.8 Å². The first-order chi connectivity index (χ1) is 9.69. The molecule has 1 N–H and O–H groups in total. The highest BCUT2D eigenvalue weighted by Gasteiger charge is 2.51. The molecule has 4 saturated carbocycles. The second kappa shape index (κ2) is 5.92. The van der Waals surface area contributed by atoms with E-state index in [1.54, 1.807) is 0 Å². The molecule has 20 heavy (non-hydrogen) atoms. The third-order valence-corrected chi connectivity index (χ3v) is 5.23. The van der Waals surface area contributed by atoms with Gasteiger partial charge in [0.2, 0.25) is 0 Å². The standard InChI is InChI=1S/C16H27NO3/c1-2-3-17-15(18)19-4-5-20-16-9-12-6-13(10-16)8-14(7-12)11-16/h12-14H,2-11H2,1H3,(H,17,18). The van der Waals surface area contributed by atoms with Crippen molar-refractivity contribution in [3.8, 4) is 0 Å². The highest BCUT2D eigenvalue weighted by molar-refractivity contribution is 5.66. The first-order valence-electron chi connectivity index (χ1n) is 8.24. The molecule has 0 atom stereocenters. The molecule has 4 fully saturated rings. The van der Waals surface area contributed by atoms with Crippen LogP contribution >= 0.6 is 0 Å². The highest BCUT2D eigenvalue weighted by Crippen LogP contribution is 2.57. The summed E-state index contributed by atoms with van der Waals surface area (Å²) in [7, 11) is 0. The maximum atomic E-state index is 11.3. The minimum absolute atomic E-state index is 0.123. The number of hydrogen-bond donors (Lipinski definition) is 1. The van der Waals surface area contributed by atoms with Gasteiger partial charge in [0.05, 0.1) is 12.2 Å². The van der Waals surface area contributed by atoms with Crippen molar-refractivity contribution in [1.82, 2.24) is 5.32 Å². The fraction of sp³-hybridized carbons (Fsp3) is 0.938. The smallest absolute Gasteiger partial charge is 0.407 e. The highest BCUT2D eigenvalue weighted by atomic mass is 16.6. The summed E-state index contributed by atoms with van der Waals surface area (Å²) in [5, 5.41) is 2.71. The number of hydrogen-bond acceptors (Lipinski definition) is 3. The Morgan fingerprint density at radius 1 is 1.10 bits per heavy atom. The number of rotatable bonds is 6. The van der Waals surface area contributed by atoms with Crippen LogP contribution < -0.4 is 5.32 Å². The maximum Gasteiger partial charge on any atom is 0.407 e. The number of amides is 1. The lowest BCUT2D eigenvalue weighted by Crippen LogP contribution is -2.52. The van der Waals surface area contributed by atoms with E-state index in [2.05, 4.69) is 5.32 Å². The molecular formula is C16H27NO3. The quantitative estimate of drug-likeness (QED) is 0.761. The third kappa shape index (κ3) is 3.11. The van der Waals surface area contributed by atoms with E-state index in [4.69, 9.17) is 9.47 Å². The predicted molar refractivity (Wildman–Crippen MR) is 76.5 cm³/mol. The van der Waals surface area contributed by atoms with Crippen molar-refractivity contribution in [1.29, 1.82) is 0 Å². The van der Waals surface area contributed by atoms with E-state index < -0.39 is 0 Å². The third-order valence-electron chi connectivity index (χ3n) is 5.23. The van der Waals surface area contributed by atoms with Crippen LogP contribution in [0.15, 0.2) is 0 Å². The van der Waals surface area contributed by atoms with Gasteiger partial charge in [-0.25, -0.2) is 4.79 Å². The number of alkyl carbamates (subject to hydrolysis) is 1. The van der Waals surface area contributed by atoms with E-state index in [0.717, 1.165) is 24.2 Å². The molecule has 0 aromatic rings. The van der Waals surface area contributed by atoms with Gasteiger partial charge in [0.15, 0.2) is 0 Å². The molecule has 4 aliphatic rings. The van der Waals surface area contributed by atoms with Gasteiger partial charge in [-0.05, 0) is 62.7 Å². The number of ether oxygens (including phenoxy) is 2. The van der Waals surface area contributed by atoms with Gasteiger partial charge in [-0.2, -0.15) is 0 Å². The number of carbonyl (C=O) groups excluding carboxylic acids is 1. The first-order valence-corrected chi connectivity index (χ1v) is 8.24. The van der Waals surface area contributed by atoms with Gasteiger partial charge in [0.25, 0.3) is 0 Å². The van der Waals surface area contributed by atoms with Crippen LogP contribution in [0.1, 0.15) is 51.9 Å². The average molecular weight is 281 g/mol. The zero-order valence-electron chi connectivity index (χ0n) is 12.5. The van der Waals surface area contributed by atoms with Crippen LogP contribution in [0.4, 0.5) is 4.79 Å². The van der Waals surface area contributed by atoms with Crippen molar-refractivity contribution >= 4 is 6.09 Å². The van der Waals surface area contributed by atoms with Crippen molar-refractivity contribution < 1.29 is 14.3 Å². The van der Waals surface area contributed by atoms with Gasteiger partial charge in [0.1, 0.15) is 6.61 Å². The molecule has 4 rings (SSSR count). The van der Waals surface area contributed by atoms with Crippen LogP contribution in [0.3, 0.4) is 0 Å². The summed E-state index contributed by atoms with van der Waals surface area (Å²) >= 11 is 0. The summed E-state index contributed by atoms with van der Waals surface area (Å²) in [6.07, 6.45) is 8.61. The summed E-state index contributed by atoms with van der Waals surface area (Å²) in [4.78, 5) is 11.3. The fourth-order valence-corrected chi connectivity index (χ4v) is 4.88. The molecule has 0 aromatic heterocycles. The van der Waals surface area contributed by atoms with E-state index in [-0.39, 0.29) is 11.7 Å². The van der Waals surface area contributed by atoms with Gasteiger partial charge < -0.3 is 14.8 Å². The molecule has 0 aromatic carbocycles. The van der Waals surface area contributed by atoms with Crippen molar-refractivity contribution in [2.75, 3.05) is 19.8 Å². The minimum Gasteiger partial charge on any atom is -0.447 e. The Morgan fingerprint density at radius 3 is 2.25 bits per heavy atom. The Morgan fingerprint density at radius 2 is 1.70 bits per heavy atom. The van der Waals surface area contributed by atoms with Crippen LogP contribution in [-0.2, 0) is 9.47 Å². The summed E-state index contributed by atoms with van der Waals surface area (Å²) in [6, 6.07) is 0. The molecule has 114 valence electrons. The Labute approximate surface area is 121 Å². The molecule has 4 nitrogen and oxygen atoms in total. The van der Waals surface area contributed by atoms with Crippen LogP contribution in [0.5, 0.6) is 0 Å². The Balaban J connectivity index is 1.39. The Bertz CT molecular complexity index is 320. The second-order valence-electron chi connectivity index (χ2n) is 7.01.